The Hall–Kier alpha value is -3.61. The average molecular weight is 529 g/mol. The summed E-state index contributed by atoms with van der Waals surface area (Å²) in [5, 5.41) is 6.82. The molecule has 1 aromatic heterocycles. The van der Waals surface area contributed by atoms with Crippen molar-refractivity contribution < 1.29 is 0 Å². The fourth-order valence-corrected chi connectivity index (χ4v) is 4.51. The lowest BCUT2D eigenvalue weighted by atomic mass is 9.95. The van der Waals surface area contributed by atoms with Crippen molar-refractivity contribution in [2.24, 2.45) is 0 Å². The van der Waals surface area contributed by atoms with Gasteiger partial charge in [0.1, 0.15) is 5.82 Å². The highest BCUT2D eigenvalue weighted by Crippen LogP contribution is 2.30. The van der Waals surface area contributed by atoms with Crippen LogP contribution in [0.5, 0.6) is 0 Å². The summed E-state index contributed by atoms with van der Waals surface area (Å²) in [6.07, 6.45) is 12.1. The first-order valence-corrected chi connectivity index (χ1v) is 13.5. The summed E-state index contributed by atoms with van der Waals surface area (Å²) < 4.78 is 0. The molecule has 0 spiro atoms. The predicted molar refractivity (Wildman–Crippen MR) is 171 cm³/mol. The highest BCUT2D eigenvalue weighted by Gasteiger charge is 2.19. The van der Waals surface area contributed by atoms with Crippen molar-refractivity contribution in [1.82, 2.24) is 20.1 Å². The van der Waals surface area contributed by atoms with Crippen molar-refractivity contribution in [2.75, 3.05) is 71.1 Å². The molecular weight excluding hydrogens is 480 g/mol. The first-order chi connectivity index (χ1) is 18.6. The summed E-state index contributed by atoms with van der Waals surface area (Å²) >= 11 is 0. The molecular formula is C33H48N6. The van der Waals surface area contributed by atoms with Crippen LogP contribution in [-0.4, -0.2) is 75.7 Å². The fraction of sp³-hybridized carbons (Fsp3) is 0.364. The Morgan fingerprint density at radius 2 is 1.74 bits per heavy atom. The van der Waals surface area contributed by atoms with E-state index in [1.165, 1.54) is 0 Å². The minimum Gasteiger partial charge on any atom is -0.388 e. The molecule has 1 aliphatic heterocycles. The molecule has 0 atom stereocenters. The number of pyridine rings is 1. The maximum atomic E-state index is 4.70. The quantitative estimate of drug-likeness (QED) is 0.313. The van der Waals surface area contributed by atoms with Gasteiger partial charge in [-0.25, -0.2) is 4.98 Å². The molecule has 6 heteroatoms. The van der Waals surface area contributed by atoms with Crippen molar-refractivity contribution in [2.45, 2.75) is 20.8 Å². The third-order valence-corrected chi connectivity index (χ3v) is 6.91. The van der Waals surface area contributed by atoms with Crippen LogP contribution in [0.1, 0.15) is 19.4 Å². The Labute approximate surface area is 237 Å². The van der Waals surface area contributed by atoms with Gasteiger partial charge < -0.3 is 25.3 Å². The molecule has 1 saturated heterocycles. The third kappa shape index (κ3) is 8.70. The van der Waals surface area contributed by atoms with Gasteiger partial charge in [0, 0.05) is 74.2 Å². The lowest BCUT2D eigenvalue weighted by Crippen LogP contribution is -2.45. The van der Waals surface area contributed by atoms with Crippen molar-refractivity contribution >= 4 is 11.5 Å². The van der Waals surface area contributed by atoms with Gasteiger partial charge in [-0.05, 0) is 76.3 Å². The Kier molecular flexibility index (Phi) is 12.2. The first kappa shape index (κ1) is 31.6. The van der Waals surface area contributed by atoms with Gasteiger partial charge in [0.2, 0.25) is 0 Å². The summed E-state index contributed by atoms with van der Waals surface area (Å²) in [4.78, 5) is 11.5. The molecule has 1 aromatic rings. The Bertz CT molecular complexity index is 1190. The molecule has 0 saturated carbocycles. The zero-order valence-corrected chi connectivity index (χ0v) is 25.2. The summed E-state index contributed by atoms with van der Waals surface area (Å²) in [6.45, 7) is 28.1. The van der Waals surface area contributed by atoms with Crippen molar-refractivity contribution in [3.63, 3.8) is 0 Å². The molecule has 1 aliphatic rings. The van der Waals surface area contributed by atoms with Gasteiger partial charge in [-0.15, -0.1) is 0 Å². The average Bonchev–Trinajstić information content (AvgIpc) is 2.92. The molecule has 6 nitrogen and oxygen atoms in total. The number of hydrogen-bond donors (Lipinski definition) is 2. The van der Waals surface area contributed by atoms with Crippen molar-refractivity contribution in [3.05, 3.63) is 114 Å². The molecule has 210 valence electrons. The molecule has 39 heavy (non-hydrogen) atoms. The summed E-state index contributed by atoms with van der Waals surface area (Å²) in [7, 11) is 8.17. The molecule has 2 N–H and O–H groups in total. The van der Waals surface area contributed by atoms with Crippen LogP contribution in [0, 0.1) is 6.92 Å². The van der Waals surface area contributed by atoms with Gasteiger partial charge in [-0.1, -0.05) is 50.6 Å². The number of rotatable bonds is 13. The van der Waals surface area contributed by atoms with Crippen LogP contribution in [-0.2, 0) is 0 Å². The predicted octanol–water partition coefficient (Wildman–Crippen LogP) is 5.85. The van der Waals surface area contributed by atoms with E-state index in [0.29, 0.717) is 0 Å². The zero-order valence-electron chi connectivity index (χ0n) is 25.2. The highest BCUT2D eigenvalue weighted by atomic mass is 15.3. The van der Waals surface area contributed by atoms with Crippen LogP contribution in [0.15, 0.2) is 108 Å². The molecule has 0 unspecified atom stereocenters. The number of anilines is 2. The number of piperazine rings is 1. The molecule has 0 amide bonds. The van der Waals surface area contributed by atoms with Gasteiger partial charge in [0.15, 0.2) is 0 Å². The summed E-state index contributed by atoms with van der Waals surface area (Å²) in [5.41, 5.74) is 8.50. The van der Waals surface area contributed by atoms with E-state index in [-0.39, 0.29) is 0 Å². The van der Waals surface area contributed by atoms with Crippen molar-refractivity contribution in [1.29, 1.82) is 0 Å². The van der Waals surface area contributed by atoms with Crippen LogP contribution < -0.4 is 15.5 Å². The van der Waals surface area contributed by atoms with E-state index in [1.54, 1.807) is 0 Å². The second-order valence-corrected chi connectivity index (χ2v) is 10.1. The smallest absolute Gasteiger partial charge is 0.133 e. The number of nitrogens with zero attached hydrogens (tertiary/aromatic N) is 4. The SMILES string of the molecule is C=C/C(=C\C(=C/C)C(=C)/C=C(C(=C)C(=C)Nc1ccnc(N2CCN(C)CC2)c1C)\C(=C/C)NC)CN(C)C. The molecule has 1 fully saturated rings. The lowest BCUT2D eigenvalue weighted by Gasteiger charge is -2.34. The molecule has 0 radical (unpaired) electrons. The molecule has 0 bridgehead atoms. The van der Waals surface area contributed by atoms with Gasteiger partial charge in [0.25, 0.3) is 0 Å². The molecule has 2 rings (SSSR count). The van der Waals surface area contributed by atoms with Crippen molar-refractivity contribution in [3.8, 4) is 0 Å². The van der Waals surface area contributed by atoms with E-state index < -0.39 is 0 Å². The maximum absolute atomic E-state index is 4.70. The minimum atomic E-state index is 0.722. The molecule has 0 aliphatic carbocycles. The zero-order chi connectivity index (χ0) is 29.1. The molecule has 2 heterocycles. The minimum absolute atomic E-state index is 0.722. The lowest BCUT2D eigenvalue weighted by molar-refractivity contribution is 0.312. The van der Waals surface area contributed by atoms with E-state index in [9.17, 15) is 0 Å². The molecule has 0 aromatic carbocycles. The van der Waals surface area contributed by atoms with Gasteiger partial charge >= 0.3 is 0 Å². The van der Waals surface area contributed by atoms with E-state index >= 15 is 0 Å². The first-order valence-electron chi connectivity index (χ1n) is 13.5. The van der Waals surface area contributed by atoms with Crippen LogP contribution >= 0.6 is 0 Å². The standard InChI is InChI=1S/C33H48N6/c1-12-28(23-37(9)10)22-29(13-2)24(4)21-30(31(14-3)34-8)25(5)27(7)36-32-15-16-35-33(26(32)6)39-19-17-38(11)18-20-39/h12-16,21-22,34H,1,4-5,7,17-20,23H2,2-3,6,8-11H3,(H,35,36)/b28-22+,29-13+,30-21-,31-14+. The normalized spacial score (nSPS) is 15.8. The highest BCUT2D eigenvalue weighted by molar-refractivity contribution is 5.68. The number of allylic oxidation sites excluding steroid dienone is 8. The number of aromatic nitrogens is 1. The summed E-state index contributed by atoms with van der Waals surface area (Å²) in [6, 6.07) is 1.99. The second-order valence-electron chi connectivity index (χ2n) is 10.1. The van der Waals surface area contributed by atoms with Crippen LogP contribution in [0.2, 0.25) is 0 Å². The number of hydrogen-bond acceptors (Lipinski definition) is 6. The summed E-state index contributed by atoms with van der Waals surface area (Å²) in [5.74, 6) is 1.01. The van der Waals surface area contributed by atoms with Gasteiger partial charge in [0.05, 0.1) is 0 Å². The second kappa shape index (κ2) is 15.1. The van der Waals surface area contributed by atoms with Gasteiger partial charge in [-0.3, -0.25) is 0 Å². The van der Waals surface area contributed by atoms with Crippen LogP contribution in [0.25, 0.3) is 0 Å². The van der Waals surface area contributed by atoms with E-state index in [4.69, 9.17) is 4.98 Å². The third-order valence-electron chi connectivity index (χ3n) is 6.91. The van der Waals surface area contributed by atoms with E-state index in [0.717, 1.165) is 89.1 Å². The maximum Gasteiger partial charge on any atom is 0.133 e. The number of likely N-dealkylation sites (N-methyl/N-ethyl adjacent to an activating group) is 3. The van der Waals surface area contributed by atoms with Gasteiger partial charge in [-0.2, -0.15) is 0 Å². The monoisotopic (exact) mass is 528 g/mol. The largest absolute Gasteiger partial charge is 0.388 e. The topological polar surface area (TPSA) is 46.7 Å². The Morgan fingerprint density at radius 3 is 2.28 bits per heavy atom. The Morgan fingerprint density at radius 1 is 1.08 bits per heavy atom. The van der Waals surface area contributed by atoms with E-state index in [1.807, 2.05) is 59.4 Å². The number of nitrogens with one attached hydrogen (secondary N) is 2. The van der Waals surface area contributed by atoms with Crippen LogP contribution in [0.3, 0.4) is 0 Å². The van der Waals surface area contributed by atoms with Crippen LogP contribution in [0.4, 0.5) is 11.5 Å². The fourth-order valence-electron chi connectivity index (χ4n) is 4.51. The Balaban J connectivity index is 2.36. The van der Waals surface area contributed by atoms with E-state index in [2.05, 4.69) is 83.8 Å².